The maximum atomic E-state index is 13.2. The number of ether oxygens (including phenoxy) is 1. The highest BCUT2D eigenvalue weighted by Crippen LogP contribution is 2.26. The molecule has 0 fully saturated rings. The van der Waals surface area contributed by atoms with Crippen molar-refractivity contribution in [3.63, 3.8) is 0 Å². The lowest BCUT2D eigenvalue weighted by molar-refractivity contribution is 0.414. The third kappa shape index (κ3) is 3.95. The molecule has 0 N–H and O–H groups in total. The molecule has 0 aliphatic carbocycles. The number of methoxy groups -OCH3 is 1. The molecule has 2 aromatic heterocycles. The average Bonchev–Trinajstić information content (AvgIpc) is 3.19. The summed E-state index contributed by atoms with van der Waals surface area (Å²) >= 11 is 2.89. The number of thioether (sulfide) groups is 1. The highest BCUT2D eigenvalue weighted by Gasteiger charge is 2.13. The van der Waals surface area contributed by atoms with Gasteiger partial charge < -0.3 is 4.74 Å². The zero-order chi connectivity index (χ0) is 19.5. The first-order chi connectivity index (χ1) is 13.6. The van der Waals surface area contributed by atoms with Crippen molar-refractivity contribution in [3.05, 3.63) is 87.3 Å². The van der Waals surface area contributed by atoms with Crippen LogP contribution in [0.1, 0.15) is 11.1 Å². The molecule has 2 heterocycles. The van der Waals surface area contributed by atoms with E-state index in [2.05, 4.69) is 0 Å². The van der Waals surface area contributed by atoms with Crippen LogP contribution >= 0.6 is 23.1 Å². The van der Waals surface area contributed by atoms with Gasteiger partial charge in [-0.05, 0) is 46.8 Å². The second kappa shape index (κ2) is 8.16. The standard InChI is InChI=1S/C21H17FN2O2S2/c1-26-17-4-2-3-15(11-17)13-28-21-23-18-9-10-27-19(18)20(25)24(21)12-14-5-7-16(22)8-6-14/h2-11H,12-13H2,1H3. The Morgan fingerprint density at radius 3 is 2.75 bits per heavy atom. The molecule has 2 aromatic carbocycles. The number of hydrogen-bond donors (Lipinski definition) is 0. The van der Waals surface area contributed by atoms with E-state index >= 15 is 0 Å². The van der Waals surface area contributed by atoms with Crippen molar-refractivity contribution in [2.75, 3.05) is 7.11 Å². The van der Waals surface area contributed by atoms with E-state index in [4.69, 9.17) is 9.72 Å². The molecule has 0 unspecified atom stereocenters. The summed E-state index contributed by atoms with van der Waals surface area (Å²) in [5.41, 5.74) is 2.57. The fourth-order valence-corrected chi connectivity index (χ4v) is 4.58. The molecule has 4 rings (SSSR count). The third-order valence-corrected chi connectivity index (χ3v) is 6.23. The van der Waals surface area contributed by atoms with Gasteiger partial charge in [0.1, 0.15) is 16.3 Å². The van der Waals surface area contributed by atoms with Gasteiger partial charge in [-0.2, -0.15) is 0 Å². The summed E-state index contributed by atoms with van der Waals surface area (Å²) in [6, 6.07) is 15.9. The predicted molar refractivity (Wildman–Crippen MR) is 112 cm³/mol. The smallest absolute Gasteiger partial charge is 0.272 e. The summed E-state index contributed by atoms with van der Waals surface area (Å²) in [6.45, 7) is 0.348. The molecule has 0 atom stereocenters. The molecule has 4 nitrogen and oxygen atoms in total. The number of halogens is 1. The van der Waals surface area contributed by atoms with E-state index in [0.717, 1.165) is 16.9 Å². The summed E-state index contributed by atoms with van der Waals surface area (Å²) in [7, 11) is 1.64. The molecule has 0 saturated carbocycles. The average molecular weight is 413 g/mol. The maximum absolute atomic E-state index is 13.2. The van der Waals surface area contributed by atoms with Gasteiger partial charge in [0, 0.05) is 5.75 Å². The Bertz CT molecular complexity index is 1170. The molecule has 0 spiro atoms. The maximum Gasteiger partial charge on any atom is 0.272 e. The Labute approximate surface area is 169 Å². The Balaban J connectivity index is 1.69. The van der Waals surface area contributed by atoms with Crippen LogP contribution in [0.5, 0.6) is 5.75 Å². The van der Waals surface area contributed by atoms with Gasteiger partial charge in [-0.3, -0.25) is 9.36 Å². The molecule has 28 heavy (non-hydrogen) atoms. The molecular weight excluding hydrogens is 395 g/mol. The Morgan fingerprint density at radius 1 is 1.14 bits per heavy atom. The van der Waals surface area contributed by atoms with Crippen LogP contribution in [0.3, 0.4) is 0 Å². The molecule has 0 saturated heterocycles. The van der Waals surface area contributed by atoms with Gasteiger partial charge in [0.15, 0.2) is 5.16 Å². The topological polar surface area (TPSA) is 44.1 Å². The quantitative estimate of drug-likeness (QED) is 0.332. The lowest BCUT2D eigenvalue weighted by Gasteiger charge is -2.12. The third-order valence-electron chi connectivity index (χ3n) is 4.29. The van der Waals surface area contributed by atoms with Gasteiger partial charge in [-0.15, -0.1) is 11.3 Å². The highest BCUT2D eigenvalue weighted by atomic mass is 32.2. The molecule has 142 valence electrons. The van der Waals surface area contributed by atoms with Gasteiger partial charge in [-0.25, -0.2) is 9.37 Å². The first-order valence-corrected chi connectivity index (χ1v) is 10.5. The van der Waals surface area contributed by atoms with Crippen LogP contribution in [0.15, 0.2) is 69.9 Å². The van der Waals surface area contributed by atoms with Gasteiger partial charge in [0.2, 0.25) is 0 Å². The summed E-state index contributed by atoms with van der Waals surface area (Å²) in [5.74, 6) is 1.15. The zero-order valence-electron chi connectivity index (χ0n) is 15.1. The van der Waals surface area contributed by atoms with Crippen LogP contribution in [0.25, 0.3) is 10.2 Å². The van der Waals surface area contributed by atoms with Crippen LogP contribution in [0.2, 0.25) is 0 Å². The Morgan fingerprint density at radius 2 is 1.96 bits per heavy atom. The number of thiophene rings is 1. The van der Waals surface area contributed by atoms with E-state index in [1.807, 2.05) is 35.7 Å². The van der Waals surface area contributed by atoms with Crippen LogP contribution < -0.4 is 10.3 Å². The van der Waals surface area contributed by atoms with Gasteiger partial charge >= 0.3 is 0 Å². The second-order valence-electron chi connectivity index (χ2n) is 6.19. The minimum Gasteiger partial charge on any atom is -0.497 e. The molecule has 0 amide bonds. The largest absolute Gasteiger partial charge is 0.497 e. The molecule has 0 aliphatic rings. The monoisotopic (exact) mass is 412 g/mol. The summed E-state index contributed by atoms with van der Waals surface area (Å²) < 4.78 is 20.8. The first kappa shape index (κ1) is 18.7. The summed E-state index contributed by atoms with van der Waals surface area (Å²) in [6.07, 6.45) is 0. The van der Waals surface area contributed by atoms with Crippen molar-refractivity contribution in [3.8, 4) is 5.75 Å². The number of hydrogen-bond acceptors (Lipinski definition) is 5. The predicted octanol–water partition coefficient (Wildman–Crippen LogP) is 4.95. The van der Waals surface area contributed by atoms with Crippen LogP contribution in [0, 0.1) is 5.82 Å². The normalized spacial score (nSPS) is 11.1. The van der Waals surface area contributed by atoms with Crippen molar-refractivity contribution < 1.29 is 9.13 Å². The Kier molecular flexibility index (Phi) is 5.45. The molecule has 0 bridgehead atoms. The van der Waals surface area contributed by atoms with E-state index < -0.39 is 0 Å². The molecule has 0 radical (unpaired) electrons. The SMILES string of the molecule is COc1cccc(CSc2nc3ccsc3c(=O)n2Cc2ccc(F)cc2)c1. The van der Waals surface area contributed by atoms with Crippen molar-refractivity contribution in [2.45, 2.75) is 17.5 Å². The van der Waals surface area contributed by atoms with Crippen LogP contribution in [0.4, 0.5) is 4.39 Å². The van der Waals surface area contributed by atoms with Crippen molar-refractivity contribution in [2.24, 2.45) is 0 Å². The zero-order valence-corrected chi connectivity index (χ0v) is 16.7. The molecule has 4 aromatic rings. The summed E-state index contributed by atoms with van der Waals surface area (Å²) in [4.78, 5) is 17.7. The first-order valence-electron chi connectivity index (χ1n) is 8.62. The fourth-order valence-electron chi connectivity index (χ4n) is 2.86. The fraction of sp³-hybridized carbons (Fsp3) is 0.143. The number of nitrogens with zero attached hydrogens (tertiary/aromatic N) is 2. The van der Waals surface area contributed by atoms with Crippen LogP contribution in [-0.2, 0) is 12.3 Å². The van der Waals surface area contributed by atoms with E-state index in [1.165, 1.54) is 35.2 Å². The summed E-state index contributed by atoms with van der Waals surface area (Å²) in [5, 5.41) is 2.51. The second-order valence-corrected chi connectivity index (χ2v) is 8.05. The lowest BCUT2D eigenvalue weighted by Crippen LogP contribution is -2.23. The van der Waals surface area contributed by atoms with Gasteiger partial charge in [0.25, 0.3) is 5.56 Å². The van der Waals surface area contributed by atoms with E-state index in [-0.39, 0.29) is 11.4 Å². The Hall–Kier alpha value is -2.64. The van der Waals surface area contributed by atoms with Gasteiger partial charge in [-0.1, -0.05) is 36.0 Å². The van der Waals surface area contributed by atoms with E-state index in [9.17, 15) is 9.18 Å². The lowest BCUT2D eigenvalue weighted by atomic mass is 10.2. The molecule has 0 aliphatic heterocycles. The van der Waals surface area contributed by atoms with Crippen LogP contribution in [-0.4, -0.2) is 16.7 Å². The molecular formula is C21H17FN2O2S2. The van der Waals surface area contributed by atoms with Crippen molar-refractivity contribution >= 4 is 33.3 Å². The van der Waals surface area contributed by atoms with Crippen molar-refractivity contribution in [1.29, 1.82) is 0 Å². The molecule has 7 heteroatoms. The van der Waals surface area contributed by atoms with Crippen molar-refractivity contribution in [1.82, 2.24) is 9.55 Å². The minimum absolute atomic E-state index is 0.0718. The number of benzene rings is 2. The minimum atomic E-state index is -0.296. The van der Waals surface area contributed by atoms with Gasteiger partial charge in [0.05, 0.1) is 19.2 Å². The van der Waals surface area contributed by atoms with E-state index in [0.29, 0.717) is 27.7 Å². The number of rotatable bonds is 6. The number of fused-ring (bicyclic) bond motifs is 1. The number of aromatic nitrogens is 2. The highest BCUT2D eigenvalue weighted by molar-refractivity contribution is 7.98. The van der Waals surface area contributed by atoms with E-state index in [1.54, 1.807) is 23.8 Å².